The maximum Gasteiger partial charge on any atom is 0.191 e. The standard InChI is InChI=1S/C23H41N5/c1-7-19-9-11-20(12-10-19)22(27(5)6)17-25-23(24-8-2)26-21-13-15-28(16-14-21)18(3)4/h9-12,18,21-22H,7-8,13-17H2,1-6H3,(H2,24,25,26). The molecule has 5 heteroatoms. The van der Waals surface area contributed by atoms with E-state index in [1.165, 1.54) is 37.1 Å². The van der Waals surface area contributed by atoms with Gasteiger partial charge < -0.3 is 20.4 Å². The molecule has 0 spiro atoms. The fourth-order valence-corrected chi connectivity index (χ4v) is 3.79. The van der Waals surface area contributed by atoms with Crippen LogP contribution in [0.25, 0.3) is 0 Å². The summed E-state index contributed by atoms with van der Waals surface area (Å²) in [6, 6.07) is 10.4. The second-order valence-electron chi connectivity index (χ2n) is 8.34. The molecule has 28 heavy (non-hydrogen) atoms. The zero-order chi connectivity index (χ0) is 20.5. The van der Waals surface area contributed by atoms with Gasteiger partial charge in [-0.2, -0.15) is 0 Å². The van der Waals surface area contributed by atoms with Gasteiger partial charge in [0.25, 0.3) is 0 Å². The SMILES string of the molecule is CCNC(=NCC(c1ccc(CC)cc1)N(C)C)NC1CCN(C(C)C)CC1. The first-order valence-corrected chi connectivity index (χ1v) is 11.0. The smallest absolute Gasteiger partial charge is 0.191 e. The van der Waals surface area contributed by atoms with Crippen molar-refractivity contribution in [3.05, 3.63) is 35.4 Å². The van der Waals surface area contributed by atoms with Crippen LogP contribution in [0, 0.1) is 0 Å². The van der Waals surface area contributed by atoms with E-state index in [4.69, 9.17) is 4.99 Å². The van der Waals surface area contributed by atoms with E-state index in [1.54, 1.807) is 0 Å². The number of likely N-dealkylation sites (tertiary alicyclic amines) is 1. The van der Waals surface area contributed by atoms with Crippen molar-refractivity contribution in [1.29, 1.82) is 0 Å². The molecular weight excluding hydrogens is 346 g/mol. The largest absolute Gasteiger partial charge is 0.357 e. The average molecular weight is 388 g/mol. The molecule has 1 atom stereocenters. The van der Waals surface area contributed by atoms with Gasteiger partial charge in [-0.25, -0.2) is 0 Å². The molecule has 1 fully saturated rings. The lowest BCUT2D eigenvalue weighted by Gasteiger charge is -2.35. The molecule has 1 aromatic carbocycles. The topological polar surface area (TPSA) is 42.9 Å². The van der Waals surface area contributed by atoms with E-state index in [2.05, 4.69) is 86.5 Å². The Morgan fingerprint density at radius 2 is 1.79 bits per heavy atom. The van der Waals surface area contributed by atoms with Crippen LogP contribution in [-0.2, 0) is 6.42 Å². The van der Waals surface area contributed by atoms with Gasteiger partial charge >= 0.3 is 0 Å². The lowest BCUT2D eigenvalue weighted by atomic mass is 10.0. The maximum atomic E-state index is 4.94. The molecule has 0 amide bonds. The monoisotopic (exact) mass is 387 g/mol. The lowest BCUT2D eigenvalue weighted by molar-refractivity contribution is 0.167. The predicted molar refractivity (Wildman–Crippen MR) is 121 cm³/mol. The van der Waals surface area contributed by atoms with Crippen LogP contribution in [0.15, 0.2) is 29.3 Å². The van der Waals surface area contributed by atoms with E-state index in [9.17, 15) is 0 Å². The molecule has 2 N–H and O–H groups in total. The van der Waals surface area contributed by atoms with Crippen molar-refractivity contribution < 1.29 is 0 Å². The Bertz CT molecular complexity index is 586. The Morgan fingerprint density at radius 1 is 1.14 bits per heavy atom. The Labute approximate surface area is 172 Å². The van der Waals surface area contributed by atoms with Gasteiger partial charge in [0.1, 0.15) is 0 Å². The summed E-state index contributed by atoms with van der Waals surface area (Å²) in [5, 5.41) is 7.11. The first kappa shape index (κ1) is 22.7. The molecule has 1 aliphatic heterocycles. The third-order valence-corrected chi connectivity index (χ3v) is 5.76. The maximum absolute atomic E-state index is 4.94. The Kier molecular flexibility index (Phi) is 9.26. The normalized spacial score (nSPS) is 17.9. The van der Waals surface area contributed by atoms with E-state index in [0.717, 1.165) is 25.5 Å². The molecule has 2 rings (SSSR count). The fraction of sp³-hybridized carbons (Fsp3) is 0.696. The molecule has 1 saturated heterocycles. The number of likely N-dealkylation sites (N-methyl/N-ethyl adjacent to an activating group) is 1. The van der Waals surface area contributed by atoms with E-state index < -0.39 is 0 Å². The van der Waals surface area contributed by atoms with Crippen molar-refractivity contribution in [1.82, 2.24) is 20.4 Å². The highest BCUT2D eigenvalue weighted by atomic mass is 15.2. The van der Waals surface area contributed by atoms with Gasteiger partial charge in [-0.1, -0.05) is 31.2 Å². The molecule has 5 nitrogen and oxygen atoms in total. The fourth-order valence-electron chi connectivity index (χ4n) is 3.79. The number of hydrogen-bond donors (Lipinski definition) is 2. The molecule has 1 unspecified atom stereocenters. The van der Waals surface area contributed by atoms with Crippen molar-refractivity contribution in [3.8, 4) is 0 Å². The van der Waals surface area contributed by atoms with Crippen LogP contribution in [-0.4, -0.2) is 68.1 Å². The molecule has 0 radical (unpaired) electrons. The van der Waals surface area contributed by atoms with Gasteiger partial charge in [0.2, 0.25) is 0 Å². The minimum atomic E-state index is 0.282. The van der Waals surface area contributed by atoms with E-state index in [1.807, 2.05) is 0 Å². The molecule has 0 aliphatic carbocycles. The molecule has 1 aliphatic rings. The molecular formula is C23H41N5. The van der Waals surface area contributed by atoms with E-state index in [-0.39, 0.29) is 6.04 Å². The number of nitrogens with zero attached hydrogens (tertiary/aromatic N) is 3. The van der Waals surface area contributed by atoms with E-state index in [0.29, 0.717) is 12.1 Å². The van der Waals surface area contributed by atoms with Crippen LogP contribution < -0.4 is 10.6 Å². The van der Waals surface area contributed by atoms with Crippen LogP contribution in [0.5, 0.6) is 0 Å². The minimum absolute atomic E-state index is 0.282. The van der Waals surface area contributed by atoms with Gasteiger partial charge in [0.05, 0.1) is 12.6 Å². The summed E-state index contributed by atoms with van der Waals surface area (Å²) in [6.45, 7) is 12.9. The number of aliphatic imine (C=N–C) groups is 1. The van der Waals surface area contributed by atoms with Crippen molar-refractivity contribution in [3.63, 3.8) is 0 Å². The summed E-state index contributed by atoms with van der Waals surface area (Å²) in [6.07, 6.45) is 3.44. The number of hydrogen-bond acceptors (Lipinski definition) is 3. The van der Waals surface area contributed by atoms with Crippen LogP contribution in [0.3, 0.4) is 0 Å². The van der Waals surface area contributed by atoms with Gasteiger partial charge in [-0.05, 0) is 65.3 Å². The van der Waals surface area contributed by atoms with Gasteiger partial charge in [-0.3, -0.25) is 4.99 Å². The first-order chi connectivity index (χ1) is 13.4. The van der Waals surface area contributed by atoms with Gasteiger partial charge in [-0.15, -0.1) is 0 Å². The summed E-state index contributed by atoms with van der Waals surface area (Å²) in [5.41, 5.74) is 2.71. The quantitative estimate of drug-likeness (QED) is 0.531. The Hall–Kier alpha value is -1.59. The number of nitrogens with one attached hydrogen (secondary N) is 2. The second-order valence-corrected chi connectivity index (χ2v) is 8.34. The molecule has 158 valence electrons. The molecule has 1 aromatic rings. The van der Waals surface area contributed by atoms with Crippen LogP contribution in [0.4, 0.5) is 0 Å². The number of benzene rings is 1. The number of piperidine rings is 1. The highest BCUT2D eigenvalue weighted by Crippen LogP contribution is 2.20. The Morgan fingerprint density at radius 3 is 2.29 bits per heavy atom. The van der Waals surface area contributed by atoms with Crippen molar-refractivity contribution in [2.75, 3.05) is 40.3 Å². The number of rotatable bonds is 8. The predicted octanol–water partition coefficient (Wildman–Crippen LogP) is 3.28. The van der Waals surface area contributed by atoms with Crippen molar-refractivity contribution in [2.24, 2.45) is 4.99 Å². The summed E-state index contributed by atoms with van der Waals surface area (Å²) < 4.78 is 0. The van der Waals surface area contributed by atoms with Gasteiger partial charge in [0.15, 0.2) is 5.96 Å². The molecule has 0 saturated carbocycles. The zero-order valence-corrected chi connectivity index (χ0v) is 18.8. The number of guanidine groups is 1. The Balaban J connectivity index is 2.00. The average Bonchev–Trinajstić information content (AvgIpc) is 2.69. The lowest BCUT2D eigenvalue weighted by Crippen LogP contribution is -2.50. The molecule has 0 aromatic heterocycles. The van der Waals surface area contributed by atoms with Crippen LogP contribution in [0.1, 0.15) is 57.7 Å². The van der Waals surface area contributed by atoms with E-state index >= 15 is 0 Å². The highest BCUT2D eigenvalue weighted by Gasteiger charge is 2.21. The number of aryl methyl sites for hydroxylation is 1. The molecule has 0 bridgehead atoms. The second kappa shape index (κ2) is 11.4. The zero-order valence-electron chi connectivity index (χ0n) is 18.8. The summed E-state index contributed by atoms with van der Waals surface area (Å²) in [7, 11) is 4.27. The third-order valence-electron chi connectivity index (χ3n) is 5.76. The highest BCUT2D eigenvalue weighted by molar-refractivity contribution is 5.80. The summed E-state index contributed by atoms with van der Waals surface area (Å²) >= 11 is 0. The molecule has 1 heterocycles. The van der Waals surface area contributed by atoms with Crippen LogP contribution in [0.2, 0.25) is 0 Å². The first-order valence-electron chi connectivity index (χ1n) is 11.0. The van der Waals surface area contributed by atoms with Crippen LogP contribution >= 0.6 is 0 Å². The minimum Gasteiger partial charge on any atom is -0.357 e. The summed E-state index contributed by atoms with van der Waals surface area (Å²) in [4.78, 5) is 9.76. The van der Waals surface area contributed by atoms with Crippen molar-refractivity contribution in [2.45, 2.75) is 65.1 Å². The summed E-state index contributed by atoms with van der Waals surface area (Å²) in [5.74, 6) is 0.947. The van der Waals surface area contributed by atoms with Crippen molar-refractivity contribution >= 4 is 5.96 Å². The third kappa shape index (κ3) is 6.78. The van der Waals surface area contributed by atoms with Gasteiger partial charge in [0, 0.05) is 31.7 Å².